The molecule has 0 aromatic heterocycles. The van der Waals surface area contributed by atoms with Crippen molar-refractivity contribution in [3.05, 3.63) is 35.9 Å². The molecular formula is C21H32O6. The van der Waals surface area contributed by atoms with Crippen molar-refractivity contribution >= 4 is 11.9 Å². The average molecular weight is 380 g/mol. The Hall–Kier alpha value is -1.92. The van der Waals surface area contributed by atoms with Crippen LogP contribution in [-0.2, 0) is 23.7 Å². The van der Waals surface area contributed by atoms with E-state index < -0.39 is 0 Å². The smallest absolute Gasteiger partial charge is 0.338 e. The summed E-state index contributed by atoms with van der Waals surface area (Å²) in [4.78, 5) is 23.2. The van der Waals surface area contributed by atoms with Crippen molar-refractivity contribution in [1.82, 2.24) is 0 Å². The van der Waals surface area contributed by atoms with Gasteiger partial charge in [0, 0.05) is 6.42 Å². The Balaban J connectivity index is 1.84. The van der Waals surface area contributed by atoms with E-state index in [0.29, 0.717) is 38.4 Å². The van der Waals surface area contributed by atoms with Gasteiger partial charge in [-0.1, -0.05) is 50.8 Å². The van der Waals surface area contributed by atoms with Gasteiger partial charge < -0.3 is 18.9 Å². The number of rotatable bonds is 16. The Morgan fingerprint density at radius 2 is 1.33 bits per heavy atom. The second kappa shape index (κ2) is 16.3. The molecule has 0 bridgehead atoms. The molecule has 1 aromatic rings. The largest absolute Gasteiger partial charge is 0.463 e. The van der Waals surface area contributed by atoms with Crippen molar-refractivity contribution in [3.63, 3.8) is 0 Å². The maximum Gasteiger partial charge on any atom is 0.338 e. The zero-order valence-corrected chi connectivity index (χ0v) is 16.3. The molecule has 1 aromatic carbocycles. The SMILES string of the molecule is CCCCCCCC(=O)OCCOCCOCCOC(=O)c1ccccc1. The second-order valence-corrected chi connectivity index (χ2v) is 6.11. The number of unbranched alkanes of at least 4 members (excludes halogenated alkanes) is 4. The average Bonchev–Trinajstić information content (AvgIpc) is 2.69. The first-order chi connectivity index (χ1) is 13.2. The minimum Gasteiger partial charge on any atom is -0.463 e. The minimum atomic E-state index is -0.359. The van der Waals surface area contributed by atoms with Crippen molar-refractivity contribution < 1.29 is 28.5 Å². The molecule has 0 aliphatic heterocycles. The molecule has 0 spiro atoms. The van der Waals surface area contributed by atoms with Gasteiger partial charge in [0.2, 0.25) is 0 Å². The Morgan fingerprint density at radius 1 is 0.741 bits per heavy atom. The molecule has 1 rings (SSSR count). The first-order valence-corrected chi connectivity index (χ1v) is 9.77. The molecule has 27 heavy (non-hydrogen) atoms. The van der Waals surface area contributed by atoms with E-state index in [2.05, 4.69) is 6.92 Å². The fourth-order valence-corrected chi connectivity index (χ4v) is 2.33. The molecule has 0 aliphatic carbocycles. The molecule has 0 radical (unpaired) electrons. The van der Waals surface area contributed by atoms with E-state index in [4.69, 9.17) is 18.9 Å². The standard InChI is InChI=1S/C21H32O6/c1-2-3-4-5-9-12-20(22)26-17-15-24-13-14-25-16-18-27-21(23)19-10-7-6-8-11-19/h6-8,10-11H,2-5,9,12-18H2,1H3. The molecule has 0 fully saturated rings. The lowest BCUT2D eigenvalue weighted by Crippen LogP contribution is -2.15. The van der Waals surface area contributed by atoms with Crippen LogP contribution >= 0.6 is 0 Å². The van der Waals surface area contributed by atoms with Gasteiger partial charge in [-0.3, -0.25) is 4.79 Å². The molecular weight excluding hydrogens is 348 g/mol. The van der Waals surface area contributed by atoms with Crippen LogP contribution in [0.3, 0.4) is 0 Å². The van der Waals surface area contributed by atoms with Gasteiger partial charge in [0.25, 0.3) is 0 Å². The van der Waals surface area contributed by atoms with Crippen LogP contribution in [0.15, 0.2) is 30.3 Å². The normalized spacial score (nSPS) is 10.6. The second-order valence-electron chi connectivity index (χ2n) is 6.11. The number of carbonyl (C=O) groups is 2. The Labute approximate surface area is 162 Å². The highest BCUT2D eigenvalue weighted by Crippen LogP contribution is 2.05. The van der Waals surface area contributed by atoms with Gasteiger partial charge in [-0.05, 0) is 18.6 Å². The zero-order valence-electron chi connectivity index (χ0n) is 16.3. The summed E-state index contributed by atoms with van der Waals surface area (Å²) >= 11 is 0. The Morgan fingerprint density at radius 3 is 2.00 bits per heavy atom. The van der Waals surface area contributed by atoms with Gasteiger partial charge in [0.1, 0.15) is 13.2 Å². The minimum absolute atomic E-state index is 0.161. The summed E-state index contributed by atoms with van der Waals surface area (Å²) in [5.74, 6) is -0.519. The highest BCUT2D eigenvalue weighted by molar-refractivity contribution is 5.89. The quantitative estimate of drug-likeness (QED) is 0.321. The van der Waals surface area contributed by atoms with Crippen molar-refractivity contribution in [2.45, 2.75) is 45.4 Å². The molecule has 152 valence electrons. The predicted octanol–water partition coefficient (Wildman–Crippen LogP) is 3.78. The number of hydrogen-bond donors (Lipinski definition) is 0. The first kappa shape index (κ1) is 23.1. The maximum absolute atomic E-state index is 11.7. The van der Waals surface area contributed by atoms with Crippen LogP contribution in [-0.4, -0.2) is 51.6 Å². The highest BCUT2D eigenvalue weighted by atomic mass is 16.6. The number of ether oxygens (including phenoxy) is 4. The summed E-state index contributed by atoms with van der Waals surface area (Å²) in [5, 5.41) is 0. The molecule has 0 amide bonds. The lowest BCUT2D eigenvalue weighted by Gasteiger charge is -2.08. The van der Waals surface area contributed by atoms with E-state index in [1.165, 1.54) is 19.3 Å². The van der Waals surface area contributed by atoms with Crippen LogP contribution in [0.25, 0.3) is 0 Å². The van der Waals surface area contributed by atoms with Crippen LogP contribution in [0, 0.1) is 0 Å². The van der Waals surface area contributed by atoms with E-state index in [-0.39, 0.29) is 25.2 Å². The number of esters is 2. The molecule has 0 heterocycles. The third-order valence-electron chi connectivity index (χ3n) is 3.82. The lowest BCUT2D eigenvalue weighted by molar-refractivity contribution is -0.145. The van der Waals surface area contributed by atoms with Crippen LogP contribution in [0.1, 0.15) is 55.8 Å². The van der Waals surface area contributed by atoms with E-state index in [1.54, 1.807) is 24.3 Å². The number of benzene rings is 1. The summed E-state index contributed by atoms with van der Waals surface area (Å²) in [7, 11) is 0. The molecule has 0 N–H and O–H groups in total. The third-order valence-corrected chi connectivity index (χ3v) is 3.82. The van der Waals surface area contributed by atoms with Crippen molar-refractivity contribution in [3.8, 4) is 0 Å². The summed E-state index contributed by atoms with van der Waals surface area (Å²) in [6.07, 6.45) is 6.05. The van der Waals surface area contributed by atoms with Gasteiger partial charge in [-0.2, -0.15) is 0 Å². The maximum atomic E-state index is 11.7. The first-order valence-electron chi connectivity index (χ1n) is 9.77. The van der Waals surface area contributed by atoms with E-state index in [1.807, 2.05) is 6.07 Å². The topological polar surface area (TPSA) is 71.1 Å². The van der Waals surface area contributed by atoms with Crippen LogP contribution < -0.4 is 0 Å². The van der Waals surface area contributed by atoms with Crippen LogP contribution in [0.4, 0.5) is 0 Å². The molecule has 6 heteroatoms. The third kappa shape index (κ3) is 13.0. The number of hydrogen-bond acceptors (Lipinski definition) is 6. The summed E-state index contributed by atoms with van der Waals surface area (Å²) in [5.41, 5.74) is 0.524. The zero-order chi connectivity index (χ0) is 19.6. The van der Waals surface area contributed by atoms with E-state index >= 15 is 0 Å². The number of carbonyl (C=O) groups excluding carboxylic acids is 2. The lowest BCUT2D eigenvalue weighted by atomic mass is 10.1. The predicted molar refractivity (Wildman–Crippen MR) is 103 cm³/mol. The monoisotopic (exact) mass is 380 g/mol. The molecule has 0 saturated heterocycles. The summed E-state index contributed by atoms with van der Waals surface area (Å²) in [6, 6.07) is 8.83. The Kier molecular flexibility index (Phi) is 13.9. The molecule has 0 atom stereocenters. The molecule has 6 nitrogen and oxygen atoms in total. The van der Waals surface area contributed by atoms with E-state index in [0.717, 1.165) is 12.8 Å². The van der Waals surface area contributed by atoms with Crippen LogP contribution in [0.2, 0.25) is 0 Å². The van der Waals surface area contributed by atoms with Crippen molar-refractivity contribution in [2.24, 2.45) is 0 Å². The molecule has 0 aliphatic rings. The van der Waals surface area contributed by atoms with E-state index in [9.17, 15) is 9.59 Å². The van der Waals surface area contributed by atoms with Gasteiger partial charge in [0.15, 0.2) is 0 Å². The van der Waals surface area contributed by atoms with Gasteiger partial charge in [-0.25, -0.2) is 4.79 Å². The van der Waals surface area contributed by atoms with Crippen molar-refractivity contribution in [1.29, 1.82) is 0 Å². The van der Waals surface area contributed by atoms with Crippen molar-refractivity contribution in [2.75, 3.05) is 39.6 Å². The summed E-state index contributed by atoms with van der Waals surface area (Å²) in [6.45, 7) is 4.10. The van der Waals surface area contributed by atoms with Crippen LogP contribution in [0.5, 0.6) is 0 Å². The van der Waals surface area contributed by atoms with Gasteiger partial charge in [-0.15, -0.1) is 0 Å². The van der Waals surface area contributed by atoms with Gasteiger partial charge >= 0.3 is 11.9 Å². The molecule has 0 unspecified atom stereocenters. The Bertz CT molecular complexity index is 503. The van der Waals surface area contributed by atoms with Gasteiger partial charge in [0.05, 0.1) is 32.0 Å². The highest BCUT2D eigenvalue weighted by Gasteiger charge is 2.05. The fraction of sp³-hybridized carbons (Fsp3) is 0.619. The molecule has 0 saturated carbocycles. The fourth-order valence-electron chi connectivity index (χ4n) is 2.33. The summed E-state index contributed by atoms with van der Waals surface area (Å²) < 4.78 is 20.8.